The molecule has 0 aliphatic heterocycles. The number of carbonyl (C=O) groups is 1. The van der Waals surface area contributed by atoms with Crippen LogP contribution in [0, 0.1) is 0 Å². The zero-order valence-electron chi connectivity index (χ0n) is 10.3. The molecule has 4 nitrogen and oxygen atoms in total. The molecular formula is C12H16FNO3S. The van der Waals surface area contributed by atoms with E-state index in [1.165, 1.54) is 0 Å². The fourth-order valence-corrected chi connectivity index (χ4v) is 2.02. The van der Waals surface area contributed by atoms with E-state index >= 15 is 0 Å². The molecule has 1 aromatic carbocycles. The number of benzene rings is 1. The molecule has 6 heteroatoms. The van der Waals surface area contributed by atoms with E-state index in [1.54, 1.807) is 25.1 Å². The summed E-state index contributed by atoms with van der Waals surface area (Å²) in [5, 5.41) is 0. The second-order valence-electron chi connectivity index (χ2n) is 3.32. The molecule has 0 aromatic heterocycles. The smallest absolute Gasteiger partial charge is 0.351 e. The zero-order valence-corrected chi connectivity index (χ0v) is 11.1. The molecule has 1 aromatic rings. The molecular weight excluding hydrogens is 257 g/mol. The van der Waals surface area contributed by atoms with Crippen LogP contribution in [0.1, 0.15) is 13.8 Å². The highest BCUT2D eigenvalue weighted by Crippen LogP contribution is 2.33. The van der Waals surface area contributed by atoms with Gasteiger partial charge in [0.05, 0.1) is 13.2 Å². The number of carbonyl (C=O) groups excluding carboxylic acids is 1. The van der Waals surface area contributed by atoms with E-state index in [9.17, 15) is 9.18 Å². The molecule has 1 atom stereocenters. The topological polar surface area (TPSA) is 61.5 Å². The first-order valence-corrected chi connectivity index (χ1v) is 6.46. The lowest BCUT2D eigenvalue weighted by molar-refractivity contribution is -0.145. The molecule has 18 heavy (non-hydrogen) atoms. The number of hydrogen-bond acceptors (Lipinski definition) is 5. The number of nitrogens with two attached hydrogens (primary N) is 1. The Morgan fingerprint density at radius 2 is 2.17 bits per heavy atom. The molecule has 0 aliphatic rings. The van der Waals surface area contributed by atoms with Gasteiger partial charge in [-0.2, -0.15) is 0 Å². The van der Waals surface area contributed by atoms with Crippen molar-refractivity contribution in [2.24, 2.45) is 0 Å². The van der Waals surface area contributed by atoms with Crippen molar-refractivity contribution in [3.63, 3.8) is 0 Å². The van der Waals surface area contributed by atoms with Gasteiger partial charge in [-0.15, -0.1) is 0 Å². The predicted octanol–water partition coefficient (Wildman–Crippen LogP) is 2.62. The summed E-state index contributed by atoms with van der Waals surface area (Å²) in [6.45, 7) is 4.12. The van der Waals surface area contributed by atoms with Gasteiger partial charge in [0.15, 0.2) is 0 Å². The minimum atomic E-state index is -1.79. The highest BCUT2D eigenvalue weighted by atomic mass is 32.2. The summed E-state index contributed by atoms with van der Waals surface area (Å²) in [5.41, 5.74) is 4.32. The first-order valence-electron chi connectivity index (χ1n) is 5.58. The van der Waals surface area contributed by atoms with Crippen molar-refractivity contribution in [3.8, 4) is 5.75 Å². The maximum atomic E-state index is 13.6. The van der Waals surface area contributed by atoms with E-state index in [1.807, 2.05) is 6.92 Å². The number of hydrogen-bond donors (Lipinski definition) is 1. The second kappa shape index (κ2) is 7.10. The van der Waals surface area contributed by atoms with Crippen LogP contribution < -0.4 is 10.5 Å². The van der Waals surface area contributed by atoms with Gasteiger partial charge in [-0.05, 0) is 32.0 Å². The van der Waals surface area contributed by atoms with Crippen LogP contribution in [0.3, 0.4) is 0 Å². The number of rotatable bonds is 6. The van der Waals surface area contributed by atoms with Crippen molar-refractivity contribution in [2.75, 3.05) is 18.9 Å². The predicted molar refractivity (Wildman–Crippen MR) is 69.4 cm³/mol. The maximum Gasteiger partial charge on any atom is 0.351 e. The van der Waals surface area contributed by atoms with Gasteiger partial charge in [0.25, 0.3) is 0 Å². The van der Waals surface area contributed by atoms with E-state index in [2.05, 4.69) is 4.74 Å². The molecule has 0 aliphatic carbocycles. The maximum absolute atomic E-state index is 13.6. The highest BCUT2D eigenvalue weighted by molar-refractivity contribution is 8.00. The summed E-state index contributed by atoms with van der Waals surface area (Å²) in [4.78, 5) is 11.6. The molecule has 0 radical (unpaired) electrons. The zero-order chi connectivity index (χ0) is 13.5. The Kier molecular flexibility index (Phi) is 5.77. The number of esters is 1. The largest absolute Gasteiger partial charge is 0.494 e. The average molecular weight is 273 g/mol. The fourth-order valence-electron chi connectivity index (χ4n) is 1.24. The summed E-state index contributed by atoms with van der Waals surface area (Å²) < 4.78 is 23.4. The standard InChI is InChI=1S/C12H16FNO3S/c1-3-16-8-5-6-9(14)10(7-8)18-11(13)12(15)17-4-2/h5-7,11H,3-4,14H2,1-2H3. The van der Waals surface area contributed by atoms with Crippen LogP contribution in [0.5, 0.6) is 5.75 Å². The first-order chi connectivity index (χ1) is 8.58. The molecule has 0 spiro atoms. The molecule has 100 valence electrons. The summed E-state index contributed by atoms with van der Waals surface area (Å²) in [6, 6.07) is 4.92. The molecule has 1 rings (SSSR count). The summed E-state index contributed by atoms with van der Waals surface area (Å²) in [6.07, 6.45) is 0. The van der Waals surface area contributed by atoms with Gasteiger partial charge in [-0.1, -0.05) is 11.8 Å². The number of ether oxygens (including phenoxy) is 2. The number of nitrogen functional groups attached to an aromatic ring is 1. The Hall–Kier alpha value is -1.43. The Labute approximate surface area is 110 Å². The molecule has 0 heterocycles. The van der Waals surface area contributed by atoms with Crippen LogP contribution >= 0.6 is 11.8 Å². The van der Waals surface area contributed by atoms with Gasteiger partial charge in [0.2, 0.25) is 5.50 Å². The van der Waals surface area contributed by atoms with E-state index in [-0.39, 0.29) is 6.61 Å². The summed E-state index contributed by atoms with van der Waals surface area (Å²) in [5.74, 6) is -0.311. The molecule has 2 N–H and O–H groups in total. The van der Waals surface area contributed by atoms with Crippen LogP contribution in [0.4, 0.5) is 10.1 Å². The lowest BCUT2D eigenvalue weighted by Crippen LogP contribution is -2.15. The van der Waals surface area contributed by atoms with Crippen molar-refractivity contribution >= 4 is 23.4 Å². The SMILES string of the molecule is CCOC(=O)C(F)Sc1cc(OCC)ccc1N. The van der Waals surface area contributed by atoms with Gasteiger partial charge in [-0.3, -0.25) is 0 Å². The Bertz CT molecular complexity index is 414. The fraction of sp³-hybridized carbons (Fsp3) is 0.417. The van der Waals surface area contributed by atoms with Crippen molar-refractivity contribution in [3.05, 3.63) is 18.2 Å². The lowest BCUT2D eigenvalue weighted by Gasteiger charge is -2.11. The van der Waals surface area contributed by atoms with Crippen LogP contribution in [0.25, 0.3) is 0 Å². The van der Waals surface area contributed by atoms with Crippen molar-refractivity contribution in [2.45, 2.75) is 24.2 Å². The summed E-state index contributed by atoms with van der Waals surface area (Å²) in [7, 11) is 0. The average Bonchev–Trinajstić information content (AvgIpc) is 2.34. The Balaban J connectivity index is 2.76. The second-order valence-corrected chi connectivity index (χ2v) is 4.41. The molecule has 1 unspecified atom stereocenters. The third-order valence-corrected chi connectivity index (χ3v) is 3.01. The third kappa shape index (κ3) is 4.10. The molecule has 0 amide bonds. The number of alkyl halides is 1. The number of thioether (sulfide) groups is 1. The van der Waals surface area contributed by atoms with Gasteiger partial charge in [0.1, 0.15) is 5.75 Å². The molecule has 0 fully saturated rings. The molecule has 0 saturated heterocycles. The Morgan fingerprint density at radius 3 is 2.78 bits per heavy atom. The van der Waals surface area contributed by atoms with E-state index < -0.39 is 11.5 Å². The number of anilines is 1. The van der Waals surface area contributed by atoms with Crippen LogP contribution in [-0.4, -0.2) is 24.7 Å². The summed E-state index contributed by atoms with van der Waals surface area (Å²) >= 11 is 0.712. The normalized spacial score (nSPS) is 11.9. The number of halogens is 1. The first kappa shape index (κ1) is 14.6. The van der Waals surface area contributed by atoms with Gasteiger partial charge in [0, 0.05) is 10.6 Å². The van der Waals surface area contributed by atoms with Crippen molar-refractivity contribution < 1.29 is 18.7 Å². The van der Waals surface area contributed by atoms with E-state index in [0.717, 1.165) is 0 Å². The van der Waals surface area contributed by atoms with Gasteiger partial charge < -0.3 is 15.2 Å². The molecule has 0 bridgehead atoms. The monoisotopic (exact) mass is 273 g/mol. The van der Waals surface area contributed by atoms with E-state index in [4.69, 9.17) is 10.5 Å². The van der Waals surface area contributed by atoms with Crippen molar-refractivity contribution in [1.29, 1.82) is 0 Å². The quantitative estimate of drug-likeness (QED) is 0.490. The lowest BCUT2D eigenvalue weighted by atomic mass is 10.3. The Morgan fingerprint density at radius 1 is 1.44 bits per heavy atom. The van der Waals surface area contributed by atoms with Crippen LogP contribution in [0.2, 0.25) is 0 Å². The highest BCUT2D eigenvalue weighted by Gasteiger charge is 2.21. The van der Waals surface area contributed by atoms with Gasteiger partial charge >= 0.3 is 5.97 Å². The van der Waals surface area contributed by atoms with Crippen LogP contribution in [-0.2, 0) is 9.53 Å². The van der Waals surface area contributed by atoms with Crippen molar-refractivity contribution in [1.82, 2.24) is 0 Å². The van der Waals surface area contributed by atoms with Crippen LogP contribution in [0.15, 0.2) is 23.1 Å². The third-order valence-electron chi connectivity index (χ3n) is 2.00. The minimum absolute atomic E-state index is 0.147. The van der Waals surface area contributed by atoms with E-state index in [0.29, 0.717) is 34.7 Å². The van der Waals surface area contributed by atoms with Gasteiger partial charge in [-0.25, -0.2) is 9.18 Å². The molecule has 0 saturated carbocycles. The minimum Gasteiger partial charge on any atom is -0.494 e.